The van der Waals surface area contributed by atoms with Crippen LogP contribution in [0.25, 0.3) is 0 Å². The van der Waals surface area contributed by atoms with Gasteiger partial charge in [-0.2, -0.15) is 13.2 Å². The number of rotatable bonds is 3. The summed E-state index contributed by atoms with van der Waals surface area (Å²) in [5, 5.41) is 19.2. The van der Waals surface area contributed by atoms with Gasteiger partial charge >= 0.3 is 12.1 Å². The van der Waals surface area contributed by atoms with Gasteiger partial charge in [-0.3, -0.25) is 4.79 Å². The van der Waals surface area contributed by atoms with Crippen molar-refractivity contribution in [2.75, 3.05) is 0 Å². The van der Waals surface area contributed by atoms with E-state index in [2.05, 4.69) is 0 Å². The normalized spacial score (nSPS) is 16.0. The lowest BCUT2D eigenvalue weighted by molar-refractivity contribution is -0.212. The topological polar surface area (TPSA) is 57.5 Å². The first-order chi connectivity index (χ1) is 6.84. The smallest absolute Gasteiger partial charge is 0.405 e. The quantitative estimate of drug-likeness (QED) is 0.850. The standard InChI is InChI=1S/C8H7F3O3S/c9-8(10,11)5(7(13)14)6(12)4-2-1-3-15-4/h1-3,5-6,12H,(H,13,14)/t5-,6-/m0/s1. The molecule has 2 N–H and O–H groups in total. The van der Waals surface area contributed by atoms with Gasteiger partial charge in [-0.15, -0.1) is 11.3 Å². The summed E-state index contributed by atoms with van der Waals surface area (Å²) in [4.78, 5) is 10.4. The molecular weight excluding hydrogens is 233 g/mol. The Morgan fingerprint density at radius 3 is 2.40 bits per heavy atom. The zero-order valence-electron chi connectivity index (χ0n) is 7.23. The van der Waals surface area contributed by atoms with Crippen molar-refractivity contribution in [3.63, 3.8) is 0 Å². The van der Waals surface area contributed by atoms with Crippen molar-refractivity contribution in [3.8, 4) is 0 Å². The van der Waals surface area contributed by atoms with Crippen molar-refractivity contribution in [2.24, 2.45) is 5.92 Å². The van der Waals surface area contributed by atoms with E-state index in [1.54, 1.807) is 0 Å². The Morgan fingerprint density at radius 2 is 2.07 bits per heavy atom. The van der Waals surface area contributed by atoms with Gasteiger partial charge in [-0.25, -0.2) is 0 Å². The average molecular weight is 240 g/mol. The molecule has 0 saturated carbocycles. The zero-order chi connectivity index (χ0) is 11.6. The fourth-order valence-electron chi connectivity index (χ4n) is 1.08. The molecule has 0 aromatic carbocycles. The molecule has 15 heavy (non-hydrogen) atoms. The molecule has 0 radical (unpaired) electrons. The number of carbonyl (C=O) groups is 1. The minimum atomic E-state index is -4.96. The number of hydrogen-bond donors (Lipinski definition) is 2. The Bertz CT molecular complexity index is 333. The molecule has 1 aromatic heterocycles. The van der Waals surface area contributed by atoms with Gasteiger partial charge in [-0.05, 0) is 11.4 Å². The highest BCUT2D eigenvalue weighted by atomic mass is 32.1. The Labute approximate surface area is 86.8 Å². The second kappa shape index (κ2) is 4.19. The van der Waals surface area contributed by atoms with Crippen LogP contribution in [0.5, 0.6) is 0 Å². The number of carboxylic acids is 1. The highest BCUT2D eigenvalue weighted by Gasteiger charge is 2.50. The maximum Gasteiger partial charge on any atom is 0.405 e. The second-order valence-corrected chi connectivity index (χ2v) is 3.80. The van der Waals surface area contributed by atoms with E-state index in [0.29, 0.717) is 0 Å². The van der Waals surface area contributed by atoms with Gasteiger partial charge in [0.1, 0.15) is 6.10 Å². The number of aliphatic hydroxyl groups excluding tert-OH is 1. The van der Waals surface area contributed by atoms with E-state index in [-0.39, 0.29) is 4.88 Å². The SMILES string of the molecule is O=C(O)[C@H]([C@@H](O)c1cccs1)C(F)(F)F. The van der Waals surface area contributed by atoms with Crippen molar-refractivity contribution >= 4 is 17.3 Å². The van der Waals surface area contributed by atoms with Crippen LogP contribution in [0.3, 0.4) is 0 Å². The third-order valence-electron chi connectivity index (χ3n) is 1.77. The minimum absolute atomic E-state index is 0.0141. The van der Waals surface area contributed by atoms with Crippen molar-refractivity contribution < 1.29 is 28.2 Å². The van der Waals surface area contributed by atoms with Crippen LogP contribution in [0.1, 0.15) is 11.0 Å². The molecule has 3 nitrogen and oxygen atoms in total. The van der Waals surface area contributed by atoms with Crippen LogP contribution in [-0.2, 0) is 4.79 Å². The molecule has 0 fully saturated rings. The molecule has 1 heterocycles. The number of halogens is 3. The molecule has 0 saturated heterocycles. The van der Waals surface area contributed by atoms with E-state index in [1.165, 1.54) is 17.5 Å². The van der Waals surface area contributed by atoms with Crippen LogP contribution in [0, 0.1) is 5.92 Å². The maximum absolute atomic E-state index is 12.3. The van der Waals surface area contributed by atoms with Gasteiger partial charge in [0, 0.05) is 4.88 Å². The van der Waals surface area contributed by atoms with Crippen LogP contribution >= 0.6 is 11.3 Å². The minimum Gasteiger partial charge on any atom is -0.481 e. The van der Waals surface area contributed by atoms with E-state index in [4.69, 9.17) is 5.11 Å². The molecule has 7 heteroatoms. The lowest BCUT2D eigenvalue weighted by atomic mass is 10.0. The molecule has 84 valence electrons. The van der Waals surface area contributed by atoms with E-state index in [0.717, 1.165) is 11.3 Å². The van der Waals surface area contributed by atoms with Crippen LogP contribution in [0.15, 0.2) is 17.5 Å². The van der Waals surface area contributed by atoms with Gasteiger partial charge in [0.2, 0.25) is 0 Å². The number of aliphatic hydroxyl groups is 1. The predicted octanol–water partition coefficient (Wildman–Crippen LogP) is 2.04. The third kappa shape index (κ3) is 2.69. The first kappa shape index (κ1) is 12.0. The maximum atomic E-state index is 12.3. The Kier molecular flexibility index (Phi) is 3.35. The average Bonchev–Trinajstić information content (AvgIpc) is 2.51. The molecule has 1 aromatic rings. The van der Waals surface area contributed by atoms with Crippen molar-refractivity contribution in [3.05, 3.63) is 22.4 Å². The summed E-state index contributed by atoms with van der Waals surface area (Å²) in [7, 11) is 0. The predicted molar refractivity (Wildman–Crippen MR) is 46.5 cm³/mol. The Hall–Kier alpha value is -1.08. The zero-order valence-corrected chi connectivity index (χ0v) is 8.05. The molecule has 0 spiro atoms. The highest BCUT2D eigenvalue weighted by molar-refractivity contribution is 7.10. The number of thiophene rings is 1. The molecular formula is C8H7F3O3S. The summed E-state index contributed by atoms with van der Waals surface area (Å²) in [5.74, 6) is -4.86. The van der Waals surface area contributed by atoms with Crippen molar-refractivity contribution in [1.82, 2.24) is 0 Å². The lowest BCUT2D eigenvalue weighted by Crippen LogP contribution is -2.35. The molecule has 0 aliphatic rings. The Morgan fingerprint density at radius 1 is 1.47 bits per heavy atom. The fourth-order valence-corrected chi connectivity index (χ4v) is 1.82. The van der Waals surface area contributed by atoms with E-state index in [1.807, 2.05) is 0 Å². The van der Waals surface area contributed by atoms with Crippen LogP contribution in [-0.4, -0.2) is 22.4 Å². The molecule has 0 aliphatic heterocycles. The molecule has 0 aliphatic carbocycles. The fraction of sp³-hybridized carbons (Fsp3) is 0.375. The summed E-state index contributed by atoms with van der Waals surface area (Å²) >= 11 is 0.880. The molecule has 0 unspecified atom stereocenters. The largest absolute Gasteiger partial charge is 0.481 e. The monoisotopic (exact) mass is 240 g/mol. The van der Waals surface area contributed by atoms with Gasteiger partial charge in [-0.1, -0.05) is 6.07 Å². The van der Waals surface area contributed by atoms with Crippen LogP contribution in [0.4, 0.5) is 13.2 Å². The number of aliphatic carboxylic acids is 1. The molecule has 0 amide bonds. The van der Waals surface area contributed by atoms with Gasteiger partial charge in [0.05, 0.1) is 0 Å². The second-order valence-electron chi connectivity index (χ2n) is 2.82. The first-order valence-electron chi connectivity index (χ1n) is 3.85. The molecule has 1 rings (SSSR count). The van der Waals surface area contributed by atoms with Gasteiger partial charge in [0.25, 0.3) is 0 Å². The molecule has 0 bridgehead atoms. The number of carboxylic acid groups (broad SMARTS) is 1. The summed E-state index contributed by atoms with van der Waals surface area (Å²) in [6.07, 6.45) is -7.02. The van der Waals surface area contributed by atoms with Crippen molar-refractivity contribution in [2.45, 2.75) is 12.3 Å². The first-order valence-corrected chi connectivity index (χ1v) is 4.73. The highest BCUT2D eigenvalue weighted by Crippen LogP contribution is 2.37. The van der Waals surface area contributed by atoms with Gasteiger partial charge < -0.3 is 10.2 Å². The van der Waals surface area contributed by atoms with Crippen molar-refractivity contribution in [1.29, 1.82) is 0 Å². The lowest BCUT2D eigenvalue weighted by Gasteiger charge is -2.20. The van der Waals surface area contributed by atoms with E-state index in [9.17, 15) is 23.1 Å². The summed E-state index contributed by atoms with van der Waals surface area (Å²) in [6, 6.07) is 2.70. The summed E-state index contributed by atoms with van der Waals surface area (Å²) in [6.45, 7) is 0. The van der Waals surface area contributed by atoms with E-state index >= 15 is 0 Å². The number of hydrogen-bond acceptors (Lipinski definition) is 3. The third-order valence-corrected chi connectivity index (χ3v) is 2.71. The van der Waals surface area contributed by atoms with E-state index < -0.39 is 24.2 Å². The Balaban J connectivity index is 2.96. The summed E-state index contributed by atoms with van der Waals surface area (Å²) < 4.78 is 36.8. The molecule has 2 atom stereocenters. The van der Waals surface area contributed by atoms with Crippen LogP contribution in [0.2, 0.25) is 0 Å². The van der Waals surface area contributed by atoms with Gasteiger partial charge in [0.15, 0.2) is 5.92 Å². The van der Waals surface area contributed by atoms with Crippen LogP contribution < -0.4 is 0 Å². The number of alkyl halides is 3. The summed E-state index contributed by atoms with van der Waals surface area (Å²) in [5.41, 5.74) is 0.